The van der Waals surface area contributed by atoms with Crippen LogP contribution in [0, 0.1) is 34.5 Å². The van der Waals surface area contributed by atoms with E-state index < -0.39 is 0 Å². The third-order valence-corrected chi connectivity index (χ3v) is 10.6. The average molecular weight is 456 g/mol. The van der Waals surface area contributed by atoms with Gasteiger partial charge in [-0.2, -0.15) is 0 Å². The molecule has 0 aromatic carbocycles. The number of nitrogens with zero attached hydrogens (tertiary/aromatic N) is 1. The molecule has 3 heteroatoms. The summed E-state index contributed by atoms with van der Waals surface area (Å²) in [7, 11) is 3.70. The molecule has 0 radical (unpaired) electrons. The molecule has 6 atom stereocenters. The van der Waals surface area contributed by atoms with Crippen molar-refractivity contribution in [1.82, 2.24) is 4.90 Å². The topological polar surface area (TPSA) is 37.4 Å². The van der Waals surface area contributed by atoms with E-state index >= 15 is 0 Å². The fourth-order valence-electron chi connectivity index (χ4n) is 8.60. The standard InChI is InChI=1S/C30H49NO2/c1-29-17-11-13-25(29)28-22(12-9-7-5-6-8-10-14-27(33)31(3)4)20-23-21-24(32)15-19-30(23,2)26(28)16-18-29/h21-22,25-26,28H,5-20H2,1-4H3/t22-,25+,26+,28+,29+,30+/m1/s1. The largest absolute Gasteiger partial charge is 0.349 e. The highest BCUT2D eigenvalue weighted by Gasteiger charge is 2.58. The maximum absolute atomic E-state index is 12.3. The summed E-state index contributed by atoms with van der Waals surface area (Å²) in [5, 5.41) is 0. The minimum absolute atomic E-state index is 0.260. The van der Waals surface area contributed by atoms with E-state index in [1.807, 2.05) is 14.1 Å². The second-order valence-corrected chi connectivity index (χ2v) is 12.8. The second-order valence-electron chi connectivity index (χ2n) is 12.8. The molecule has 0 unspecified atom stereocenters. The van der Waals surface area contributed by atoms with Crippen molar-refractivity contribution >= 4 is 11.7 Å². The summed E-state index contributed by atoms with van der Waals surface area (Å²) in [4.78, 5) is 25.7. The average Bonchev–Trinajstić information content (AvgIpc) is 3.17. The lowest BCUT2D eigenvalue weighted by molar-refractivity contribution is -0.128. The van der Waals surface area contributed by atoms with E-state index in [0.29, 0.717) is 23.0 Å². The van der Waals surface area contributed by atoms with Crippen LogP contribution in [0.15, 0.2) is 11.6 Å². The molecule has 0 bridgehead atoms. The van der Waals surface area contributed by atoms with Crippen LogP contribution in [0.3, 0.4) is 0 Å². The minimum atomic E-state index is 0.260. The van der Waals surface area contributed by atoms with Gasteiger partial charge < -0.3 is 4.90 Å². The molecular formula is C30H49NO2. The Morgan fingerprint density at radius 3 is 2.45 bits per heavy atom. The van der Waals surface area contributed by atoms with Crippen LogP contribution in [0.1, 0.15) is 117 Å². The van der Waals surface area contributed by atoms with Crippen LogP contribution in [-0.4, -0.2) is 30.7 Å². The number of carbonyl (C=O) groups excluding carboxylic acids is 2. The lowest BCUT2D eigenvalue weighted by Crippen LogP contribution is -2.52. The summed E-state index contributed by atoms with van der Waals surface area (Å²) in [5.41, 5.74) is 2.41. The first-order valence-electron chi connectivity index (χ1n) is 14.2. The predicted molar refractivity (Wildman–Crippen MR) is 136 cm³/mol. The zero-order valence-corrected chi connectivity index (χ0v) is 22.0. The Labute approximate surface area is 203 Å². The Hall–Kier alpha value is -1.12. The first-order chi connectivity index (χ1) is 15.7. The third-order valence-electron chi connectivity index (χ3n) is 10.6. The molecule has 33 heavy (non-hydrogen) atoms. The van der Waals surface area contributed by atoms with E-state index in [1.54, 1.807) is 4.90 Å². The summed E-state index contributed by atoms with van der Waals surface area (Å²) in [6.45, 7) is 5.13. The number of ketones is 1. The van der Waals surface area contributed by atoms with Gasteiger partial charge in [0.2, 0.25) is 5.91 Å². The van der Waals surface area contributed by atoms with Gasteiger partial charge in [-0.1, -0.05) is 57.9 Å². The van der Waals surface area contributed by atoms with Gasteiger partial charge in [-0.05, 0) is 91.9 Å². The number of hydrogen-bond acceptors (Lipinski definition) is 2. The van der Waals surface area contributed by atoms with Crippen LogP contribution in [0.25, 0.3) is 0 Å². The molecule has 0 N–H and O–H groups in total. The quantitative estimate of drug-likeness (QED) is 0.341. The SMILES string of the molecule is CN(C)C(=O)CCCCCCCC[C@@H]1CC2=CC(=O)CC[C@]2(C)[C@H]2CC[C@]3(C)CCC[C@H]3[C@H]12. The molecule has 0 heterocycles. The summed E-state index contributed by atoms with van der Waals surface area (Å²) in [5.74, 6) is 4.05. The highest BCUT2D eigenvalue weighted by atomic mass is 16.2. The molecule has 0 aromatic heterocycles. The van der Waals surface area contributed by atoms with E-state index in [4.69, 9.17) is 0 Å². The molecule has 1 amide bonds. The number of allylic oxidation sites excluding steroid dienone is 1. The Balaban J connectivity index is 1.33. The van der Waals surface area contributed by atoms with Crippen molar-refractivity contribution < 1.29 is 9.59 Å². The Bertz CT molecular complexity index is 754. The number of rotatable bonds is 9. The third kappa shape index (κ3) is 5.13. The van der Waals surface area contributed by atoms with Gasteiger partial charge in [0.1, 0.15) is 0 Å². The van der Waals surface area contributed by atoms with Gasteiger partial charge in [-0.25, -0.2) is 0 Å². The molecular weight excluding hydrogens is 406 g/mol. The van der Waals surface area contributed by atoms with Gasteiger partial charge in [0.05, 0.1) is 0 Å². The van der Waals surface area contributed by atoms with Crippen molar-refractivity contribution in [2.24, 2.45) is 34.5 Å². The van der Waals surface area contributed by atoms with Gasteiger partial charge in [0, 0.05) is 26.9 Å². The number of carbonyl (C=O) groups is 2. The fraction of sp³-hybridized carbons (Fsp3) is 0.867. The molecule has 4 aliphatic rings. The maximum atomic E-state index is 12.3. The molecule has 3 nitrogen and oxygen atoms in total. The van der Waals surface area contributed by atoms with Crippen LogP contribution < -0.4 is 0 Å². The van der Waals surface area contributed by atoms with E-state index in [-0.39, 0.29) is 5.91 Å². The highest BCUT2D eigenvalue weighted by molar-refractivity contribution is 5.91. The van der Waals surface area contributed by atoms with Crippen LogP contribution >= 0.6 is 0 Å². The molecule has 186 valence electrons. The summed E-state index contributed by atoms with van der Waals surface area (Å²) in [6, 6.07) is 0. The minimum Gasteiger partial charge on any atom is -0.349 e. The normalized spacial score (nSPS) is 37.7. The summed E-state index contributed by atoms with van der Waals surface area (Å²) < 4.78 is 0. The summed E-state index contributed by atoms with van der Waals surface area (Å²) >= 11 is 0. The smallest absolute Gasteiger partial charge is 0.222 e. The Kier molecular flexibility index (Phi) is 7.76. The van der Waals surface area contributed by atoms with Gasteiger partial charge in [-0.3, -0.25) is 9.59 Å². The number of fused-ring (bicyclic) bond motifs is 5. The lowest BCUT2D eigenvalue weighted by atomic mass is 9.45. The van der Waals surface area contributed by atoms with Gasteiger partial charge >= 0.3 is 0 Å². The van der Waals surface area contributed by atoms with Crippen molar-refractivity contribution in [3.8, 4) is 0 Å². The van der Waals surface area contributed by atoms with Crippen molar-refractivity contribution in [3.05, 3.63) is 11.6 Å². The van der Waals surface area contributed by atoms with Crippen molar-refractivity contribution in [3.63, 3.8) is 0 Å². The van der Waals surface area contributed by atoms with E-state index in [9.17, 15) is 9.59 Å². The highest BCUT2D eigenvalue weighted by Crippen LogP contribution is 2.67. The van der Waals surface area contributed by atoms with E-state index in [2.05, 4.69) is 19.9 Å². The van der Waals surface area contributed by atoms with Crippen molar-refractivity contribution in [2.45, 2.75) is 117 Å². The van der Waals surface area contributed by atoms with Crippen LogP contribution in [-0.2, 0) is 9.59 Å². The van der Waals surface area contributed by atoms with Crippen LogP contribution in [0.5, 0.6) is 0 Å². The first-order valence-corrected chi connectivity index (χ1v) is 14.2. The molecule has 0 spiro atoms. The molecule has 3 saturated carbocycles. The van der Waals surface area contributed by atoms with Crippen LogP contribution in [0.2, 0.25) is 0 Å². The number of amides is 1. The monoisotopic (exact) mass is 455 g/mol. The van der Waals surface area contributed by atoms with Crippen LogP contribution in [0.4, 0.5) is 0 Å². The molecule has 4 aliphatic carbocycles. The predicted octanol–water partition coefficient (Wildman–Crippen LogP) is 7.34. The molecule has 0 aliphatic heterocycles. The second kappa shape index (κ2) is 10.2. The lowest BCUT2D eigenvalue weighted by Gasteiger charge is -2.60. The zero-order valence-electron chi connectivity index (χ0n) is 22.0. The molecule has 0 aromatic rings. The fourth-order valence-corrected chi connectivity index (χ4v) is 8.60. The van der Waals surface area contributed by atoms with Crippen molar-refractivity contribution in [1.29, 1.82) is 0 Å². The maximum Gasteiger partial charge on any atom is 0.222 e. The summed E-state index contributed by atoms with van der Waals surface area (Å²) in [6.07, 6.45) is 21.8. The van der Waals surface area contributed by atoms with E-state index in [1.165, 1.54) is 82.6 Å². The molecule has 4 rings (SSSR count). The van der Waals surface area contributed by atoms with E-state index in [0.717, 1.165) is 42.9 Å². The Morgan fingerprint density at radius 1 is 0.970 bits per heavy atom. The molecule has 3 fully saturated rings. The van der Waals surface area contributed by atoms with Crippen molar-refractivity contribution in [2.75, 3.05) is 14.1 Å². The first kappa shape index (κ1) is 25.0. The Morgan fingerprint density at radius 2 is 1.70 bits per heavy atom. The number of hydrogen-bond donors (Lipinski definition) is 0. The molecule has 0 saturated heterocycles. The zero-order chi connectivity index (χ0) is 23.6. The number of unbranched alkanes of at least 4 members (excludes halogenated alkanes) is 5. The van der Waals surface area contributed by atoms with Gasteiger partial charge in [-0.15, -0.1) is 0 Å². The van der Waals surface area contributed by atoms with Gasteiger partial charge in [0.25, 0.3) is 0 Å². The van der Waals surface area contributed by atoms with Gasteiger partial charge in [0.15, 0.2) is 5.78 Å².